The molecule has 0 aromatic rings. The van der Waals surface area contributed by atoms with E-state index in [9.17, 15) is 9.90 Å². The van der Waals surface area contributed by atoms with E-state index in [2.05, 4.69) is 6.58 Å². The molecule has 1 heterocycles. The highest BCUT2D eigenvalue weighted by molar-refractivity contribution is 5.92. The van der Waals surface area contributed by atoms with Crippen molar-refractivity contribution >= 4 is 5.97 Å². The molecule has 1 rings (SSSR count). The number of ether oxygens (including phenoxy) is 1. The second-order valence-corrected chi connectivity index (χ2v) is 5.56. The summed E-state index contributed by atoms with van der Waals surface area (Å²) in [6.45, 7) is 5.44. The monoisotopic (exact) mass is 280 g/mol. The Morgan fingerprint density at radius 1 is 1.10 bits per heavy atom. The van der Waals surface area contributed by atoms with Crippen LogP contribution in [0.1, 0.15) is 64.7 Å². The molecule has 1 saturated heterocycles. The molecule has 1 N–H and O–H groups in total. The maximum Gasteiger partial charge on any atom is 0.336 e. The molecule has 20 heavy (non-hydrogen) atoms. The lowest BCUT2D eigenvalue weighted by atomic mass is 10.0. The molecular weight excluding hydrogens is 252 g/mol. The number of carbonyl (C=O) groups excluding carboxylic acids is 1. The lowest BCUT2D eigenvalue weighted by Crippen LogP contribution is -2.17. The number of aliphatic hydroxyl groups excluding tert-OH is 1. The number of hydrogen-bond donors (Lipinski definition) is 1. The zero-order chi connectivity index (χ0) is 14.8. The van der Waals surface area contributed by atoms with E-state index in [-0.39, 0.29) is 5.97 Å². The lowest BCUT2D eigenvalue weighted by Gasteiger charge is -2.04. The summed E-state index contributed by atoms with van der Waals surface area (Å²) < 4.78 is 4.96. The van der Waals surface area contributed by atoms with E-state index >= 15 is 0 Å². The van der Waals surface area contributed by atoms with E-state index in [1.165, 1.54) is 38.5 Å². The highest BCUT2D eigenvalue weighted by Crippen LogP contribution is 2.22. The average Bonchev–Trinajstić information content (AvgIpc) is 2.67. The van der Waals surface area contributed by atoms with Gasteiger partial charge in [0.05, 0.1) is 5.57 Å². The summed E-state index contributed by atoms with van der Waals surface area (Å²) >= 11 is 0. The number of rotatable bonds is 10. The van der Waals surface area contributed by atoms with Gasteiger partial charge in [-0.2, -0.15) is 0 Å². The molecule has 1 fully saturated rings. The van der Waals surface area contributed by atoms with Gasteiger partial charge in [0.15, 0.2) is 0 Å². The fraction of sp³-hybridized carbons (Fsp3) is 0.706. The van der Waals surface area contributed by atoms with Crippen molar-refractivity contribution in [3.63, 3.8) is 0 Å². The van der Waals surface area contributed by atoms with Crippen LogP contribution in [-0.4, -0.2) is 23.3 Å². The Bertz CT molecular complexity index is 333. The lowest BCUT2D eigenvalue weighted by molar-refractivity contribution is -0.138. The third kappa shape index (κ3) is 5.91. The first kappa shape index (κ1) is 17.0. The maximum atomic E-state index is 11.4. The second-order valence-electron chi connectivity index (χ2n) is 5.56. The topological polar surface area (TPSA) is 46.5 Å². The number of hydrogen-bond acceptors (Lipinski definition) is 3. The number of esters is 1. The van der Waals surface area contributed by atoms with Crippen LogP contribution in [0.25, 0.3) is 0 Å². The molecular formula is C17H28O3. The smallest absolute Gasteiger partial charge is 0.336 e. The van der Waals surface area contributed by atoms with Gasteiger partial charge < -0.3 is 9.84 Å². The largest absolute Gasteiger partial charge is 0.456 e. The van der Waals surface area contributed by atoms with Crippen molar-refractivity contribution in [2.45, 2.75) is 76.9 Å². The van der Waals surface area contributed by atoms with Crippen molar-refractivity contribution in [3.05, 3.63) is 24.3 Å². The van der Waals surface area contributed by atoms with Crippen LogP contribution in [0, 0.1) is 0 Å². The highest BCUT2D eigenvalue weighted by atomic mass is 16.6. The van der Waals surface area contributed by atoms with Gasteiger partial charge in [0.2, 0.25) is 0 Å². The van der Waals surface area contributed by atoms with E-state index in [4.69, 9.17) is 4.74 Å². The first-order chi connectivity index (χ1) is 9.66. The summed E-state index contributed by atoms with van der Waals surface area (Å²) in [5.74, 6) is -0.354. The van der Waals surface area contributed by atoms with Gasteiger partial charge in [0.25, 0.3) is 0 Å². The Labute approximate surface area is 122 Å². The van der Waals surface area contributed by atoms with Gasteiger partial charge in [0.1, 0.15) is 12.2 Å². The van der Waals surface area contributed by atoms with E-state index in [0.717, 1.165) is 19.3 Å². The fourth-order valence-corrected chi connectivity index (χ4v) is 2.45. The predicted molar refractivity (Wildman–Crippen MR) is 81.4 cm³/mol. The van der Waals surface area contributed by atoms with Crippen LogP contribution in [0.5, 0.6) is 0 Å². The van der Waals surface area contributed by atoms with Crippen LogP contribution >= 0.6 is 0 Å². The van der Waals surface area contributed by atoms with Gasteiger partial charge in [-0.05, 0) is 32.6 Å². The summed E-state index contributed by atoms with van der Waals surface area (Å²) in [6.07, 6.45) is 13.3. The number of cyclic esters (lactones) is 1. The zero-order valence-electron chi connectivity index (χ0n) is 12.6. The van der Waals surface area contributed by atoms with Gasteiger partial charge in [-0.15, -0.1) is 6.58 Å². The Morgan fingerprint density at radius 3 is 2.15 bits per heavy atom. The van der Waals surface area contributed by atoms with Crippen LogP contribution in [0.3, 0.4) is 0 Å². The van der Waals surface area contributed by atoms with Crippen molar-refractivity contribution < 1.29 is 14.6 Å². The Hall–Kier alpha value is -1.09. The molecule has 0 aromatic carbocycles. The molecule has 1 aliphatic rings. The van der Waals surface area contributed by atoms with Crippen LogP contribution in [0.15, 0.2) is 24.3 Å². The van der Waals surface area contributed by atoms with Gasteiger partial charge in [-0.25, -0.2) is 4.79 Å². The van der Waals surface area contributed by atoms with Gasteiger partial charge in [-0.3, -0.25) is 0 Å². The van der Waals surface area contributed by atoms with Gasteiger partial charge in [-0.1, -0.05) is 44.3 Å². The molecule has 1 aliphatic heterocycles. The second kappa shape index (κ2) is 9.76. The van der Waals surface area contributed by atoms with Crippen molar-refractivity contribution in [3.8, 4) is 0 Å². The summed E-state index contributed by atoms with van der Waals surface area (Å²) in [5.41, 5.74) is 0.446. The molecule has 3 heteroatoms. The Balaban J connectivity index is 2.02. The standard InChI is InChI=1S/C17H28O3/c1-3-4-5-6-7-8-9-10-11-12-13-15-16(18)14(2)20-17(15)19/h3,13-14,16,18H,1,4-12H2,2H3/b15-13+/t14-,16-/m1/s1. The molecule has 0 radical (unpaired) electrons. The molecule has 0 saturated carbocycles. The van der Waals surface area contributed by atoms with E-state index in [1.54, 1.807) is 6.92 Å². The first-order valence-corrected chi connectivity index (χ1v) is 7.86. The molecule has 0 spiro atoms. The molecule has 0 bridgehead atoms. The SMILES string of the molecule is C=CCCCCCCCCC/C=C1/C(=O)O[C@H](C)[C@H]1O. The van der Waals surface area contributed by atoms with Crippen LogP contribution in [0.2, 0.25) is 0 Å². The van der Waals surface area contributed by atoms with E-state index in [0.29, 0.717) is 5.57 Å². The quantitative estimate of drug-likeness (QED) is 0.285. The summed E-state index contributed by atoms with van der Waals surface area (Å²) in [6, 6.07) is 0. The predicted octanol–water partition coefficient (Wildman–Crippen LogP) is 3.92. The average molecular weight is 280 g/mol. The molecule has 0 amide bonds. The summed E-state index contributed by atoms with van der Waals surface area (Å²) in [4.78, 5) is 11.4. The normalized spacial score (nSPS) is 24.1. The van der Waals surface area contributed by atoms with Gasteiger partial charge >= 0.3 is 5.97 Å². The third-order valence-electron chi connectivity index (χ3n) is 3.77. The first-order valence-electron chi connectivity index (χ1n) is 7.86. The minimum absolute atomic E-state index is 0.354. The fourth-order valence-electron chi connectivity index (χ4n) is 2.45. The number of allylic oxidation sites excluding steroid dienone is 2. The van der Waals surface area contributed by atoms with Crippen LogP contribution in [-0.2, 0) is 9.53 Å². The van der Waals surface area contributed by atoms with Crippen molar-refractivity contribution in [1.82, 2.24) is 0 Å². The molecule has 0 aromatic heterocycles. The Kier molecular flexibility index (Phi) is 8.28. The van der Waals surface area contributed by atoms with Crippen LogP contribution < -0.4 is 0 Å². The summed E-state index contributed by atoms with van der Waals surface area (Å²) in [5, 5.41) is 9.75. The van der Waals surface area contributed by atoms with Gasteiger partial charge in [0, 0.05) is 0 Å². The minimum Gasteiger partial charge on any atom is -0.456 e. The van der Waals surface area contributed by atoms with E-state index < -0.39 is 12.2 Å². The van der Waals surface area contributed by atoms with Crippen molar-refractivity contribution in [1.29, 1.82) is 0 Å². The van der Waals surface area contributed by atoms with Crippen LogP contribution in [0.4, 0.5) is 0 Å². The Morgan fingerprint density at radius 2 is 1.65 bits per heavy atom. The molecule has 114 valence electrons. The zero-order valence-corrected chi connectivity index (χ0v) is 12.6. The number of unbranched alkanes of at least 4 members (excludes halogenated alkanes) is 8. The number of carbonyl (C=O) groups is 1. The van der Waals surface area contributed by atoms with Crippen molar-refractivity contribution in [2.24, 2.45) is 0 Å². The highest BCUT2D eigenvalue weighted by Gasteiger charge is 2.34. The maximum absolute atomic E-state index is 11.4. The minimum atomic E-state index is -0.743. The summed E-state index contributed by atoms with van der Waals surface area (Å²) in [7, 11) is 0. The molecule has 3 nitrogen and oxygen atoms in total. The molecule has 2 atom stereocenters. The molecule has 0 aliphatic carbocycles. The van der Waals surface area contributed by atoms with E-state index in [1.807, 2.05) is 12.2 Å². The third-order valence-corrected chi connectivity index (χ3v) is 3.77. The van der Waals surface area contributed by atoms with Crippen molar-refractivity contribution in [2.75, 3.05) is 0 Å². The molecule has 0 unspecified atom stereocenters. The number of aliphatic hydroxyl groups is 1.